The lowest BCUT2D eigenvalue weighted by molar-refractivity contribution is 0.0723. The van der Waals surface area contributed by atoms with Crippen molar-refractivity contribution in [3.63, 3.8) is 0 Å². The van der Waals surface area contributed by atoms with Gasteiger partial charge in [-0.15, -0.1) is 0 Å². The highest BCUT2D eigenvalue weighted by Crippen LogP contribution is 2.32. The predicted octanol–water partition coefficient (Wildman–Crippen LogP) is 2.04. The van der Waals surface area contributed by atoms with Crippen molar-refractivity contribution >= 4 is 17.5 Å². The molecule has 5 nitrogen and oxygen atoms in total. The van der Waals surface area contributed by atoms with E-state index in [1.165, 1.54) is 0 Å². The summed E-state index contributed by atoms with van der Waals surface area (Å²) in [7, 11) is 1.85. The zero-order chi connectivity index (χ0) is 15.1. The topological polar surface area (TPSA) is 64.2 Å². The van der Waals surface area contributed by atoms with Crippen LogP contribution in [0.5, 0.6) is 0 Å². The maximum Gasteiger partial charge on any atom is 0.254 e. The monoisotopic (exact) mass is 304 g/mol. The van der Waals surface area contributed by atoms with Crippen LogP contribution in [-0.4, -0.2) is 33.2 Å². The molecule has 1 unspecified atom stereocenters. The number of halogens is 1. The van der Waals surface area contributed by atoms with Crippen molar-refractivity contribution in [3.05, 3.63) is 40.5 Å². The number of aryl methyl sites for hydroxylation is 1. The number of rotatable bonds is 3. The number of amides is 1. The second-order valence-electron chi connectivity index (χ2n) is 5.35. The van der Waals surface area contributed by atoms with Gasteiger partial charge in [0.25, 0.3) is 5.91 Å². The summed E-state index contributed by atoms with van der Waals surface area (Å²) in [4.78, 5) is 14.2. The summed E-state index contributed by atoms with van der Waals surface area (Å²) in [5.74, 6) is 0.0469. The van der Waals surface area contributed by atoms with Crippen molar-refractivity contribution in [1.82, 2.24) is 14.7 Å². The average molecular weight is 305 g/mol. The number of aromatic nitrogens is 2. The quantitative estimate of drug-likeness (QED) is 0.944. The van der Waals surface area contributed by atoms with Crippen molar-refractivity contribution in [2.75, 3.05) is 6.54 Å². The van der Waals surface area contributed by atoms with E-state index >= 15 is 0 Å². The highest BCUT2D eigenvalue weighted by atomic mass is 35.5. The molecule has 3 rings (SSSR count). The summed E-state index contributed by atoms with van der Waals surface area (Å²) in [6.07, 6.45) is 1.62. The normalized spacial score (nSPS) is 15.4. The van der Waals surface area contributed by atoms with E-state index < -0.39 is 0 Å². The molecule has 1 aliphatic heterocycles. The standard InChI is InChI=1S/C15H17ClN4O/c1-9(6-17)20-8-11-5-10(3-4-12(11)15(20)21)14-13(16)7-18-19(14)2/h3-5,7,9H,6,8,17H2,1-2H3. The Hall–Kier alpha value is -1.85. The van der Waals surface area contributed by atoms with Gasteiger partial charge in [0.1, 0.15) is 0 Å². The molecule has 1 amide bonds. The molecule has 2 N–H and O–H groups in total. The van der Waals surface area contributed by atoms with Crippen LogP contribution in [0.3, 0.4) is 0 Å². The lowest BCUT2D eigenvalue weighted by Crippen LogP contribution is -2.38. The summed E-state index contributed by atoms with van der Waals surface area (Å²) in [6.45, 7) is 3.01. The lowest BCUT2D eigenvalue weighted by atomic mass is 10.0. The molecule has 0 aliphatic carbocycles. The van der Waals surface area contributed by atoms with E-state index in [-0.39, 0.29) is 11.9 Å². The third-order valence-corrected chi connectivity index (χ3v) is 4.25. The largest absolute Gasteiger partial charge is 0.330 e. The molecular weight excluding hydrogens is 288 g/mol. The fourth-order valence-corrected chi connectivity index (χ4v) is 2.98. The van der Waals surface area contributed by atoms with Gasteiger partial charge in [0.2, 0.25) is 0 Å². The van der Waals surface area contributed by atoms with Crippen molar-refractivity contribution in [2.45, 2.75) is 19.5 Å². The Morgan fingerprint density at radius 1 is 1.48 bits per heavy atom. The molecule has 6 heteroatoms. The van der Waals surface area contributed by atoms with Crippen LogP contribution in [0.4, 0.5) is 0 Å². The summed E-state index contributed by atoms with van der Waals surface area (Å²) in [6, 6.07) is 5.82. The van der Waals surface area contributed by atoms with Crippen molar-refractivity contribution in [2.24, 2.45) is 12.8 Å². The third kappa shape index (κ3) is 2.22. The number of benzene rings is 1. The zero-order valence-electron chi connectivity index (χ0n) is 12.0. The zero-order valence-corrected chi connectivity index (χ0v) is 12.8. The molecule has 0 bridgehead atoms. The molecule has 0 saturated carbocycles. The average Bonchev–Trinajstić information content (AvgIpc) is 2.98. The van der Waals surface area contributed by atoms with Crippen LogP contribution in [-0.2, 0) is 13.6 Å². The molecule has 0 spiro atoms. The number of hydrogen-bond acceptors (Lipinski definition) is 3. The fraction of sp³-hybridized carbons (Fsp3) is 0.333. The number of fused-ring (bicyclic) bond motifs is 1. The van der Waals surface area contributed by atoms with Crippen LogP contribution in [0, 0.1) is 0 Å². The van der Waals surface area contributed by atoms with Gasteiger partial charge in [0, 0.05) is 37.3 Å². The maximum atomic E-state index is 12.4. The minimum absolute atomic E-state index is 0.0358. The van der Waals surface area contributed by atoms with Crippen LogP contribution >= 0.6 is 11.6 Å². The summed E-state index contributed by atoms with van der Waals surface area (Å²) in [5.41, 5.74) is 9.25. The van der Waals surface area contributed by atoms with E-state index in [1.54, 1.807) is 15.8 Å². The van der Waals surface area contributed by atoms with Gasteiger partial charge in [0.05, 0.1) is 16.9 Å². The molecule has 1 aromatic heterocycles. The van der Waals surface area contributed by atoms with Crippen LogP contribution in [0.15, 0.2) is 24.4 Å². The summed E-state index contributed by atoms with van der Waals surface area (Å²) >= 11 is 6.18. The van der Waals surface area contributed by atoms with Crippen LogP contribution in [0.1, 0.15) is 22.8 Å². The highest BCUT2D eigenvalue weighted by Gasteiger charge is 2.30. The second-order valence-corrected chi connectivity index (χ2v) is 5.76. The van der Waals surface area contributed by atoms with Crippen LogP contribution < -0.4 is 5.73 Å². The number of carbonyl (C=O) groups excluding carboxylic acids is 1. The highest BCUT2D eigenvalue weighted by molar-refractivity contribution is 6.33. The molecular formula is C15H17ClN4O. The predicted molar refractivity (Wildman–Crippen MR) is 82.0 cm³/mol. The molecule has 2 aromatic rings. The van der Waals surface area contributed by atoms with E-state index in [1.807, 2.05) is 32.2 Å². The third-order valence-electron chi connectivity index (χ3n) is 3.98. The molecule has 0 radical (unpaired) electrons. The van der Waals surface area contributed by atoms with Crippen molar-refractivity contribution in [1.29, 1.82) is 0 Å². The molecule has 0 saturated heterocycles. The minimum atomic E-state index is 0.0358. The first-order valence-corrected chi connectivity index (χ1v) is 7.22. The van der Waals surface area contributed by atoms with Crippen molar-refractivity contribution < 1.29 is 4.79 Å². The first-order chi connectivity index (χ1) is 10.0. The van der Waals surface area contributed by atoms with Gasteiger partial charge in [-0.3, -0.25) is 9.48 Å². The number of carbonyl (C=O) groups is 1. The summed E-state index contributed by atoms with van der Waals surface area (Å²) in [5, 5.41) is 4.75. The fourth-order valence-electron chi connectivity index (χ4n) is 2.71. The van der Waals surface area contributed by atoms with E-state index in [2.05, 4.69) is 5.10 Å². The first-order valence-electron chi connectivity index (χ1n) is 6.84. The maximum absolute atomic E-state index is 12.4. The van der Waals surface area contributed by atoms with Crippen LogP contribution in [0.25, 0.3) is 11.3 Å². The molecule has 0 fully saturated rings. The first kappa shape index (κ1) is 14.1. The summed E-state index contributed by atoms with van der Waals surface area (Å²) < 4.78 is 1.74. The Balaban J connectivity index is 2.01. The SMILES string of the molecule is CC(CN)N1Cc2cc(-c3c(Cl)cnn3C)ccc2C1=O. The Morgan fingerprint density at radius 3 is 2.86 bits per heavy atom. The molecule has 110 valence electrons. The Morgan fingerprint density at radius 2 is 2.24 bits per heavy atom. The molecule has 1 atom stereocenters. The van der Waals surface area contributed by atoms with Gasteiger partial charge in [-0.25, -0.2) is 0 Å². The van der Waals surface area contributed by atoms with Gasteiger partial charge in [0.15, 0.2) is 0 Å². The van der Waals surface area contributed by atoms with E-state index in [0.717, 1.165) is 22.4 Å². The van der Waals surface area contributed by atoms with Gasteiger partial charge >= 0.3 is 0 Å². The number of nitrogens with two attached hydrogens (primary N) is 1. The van der Waals surface area contributed by atoms with Gasteiger partial charge in [-0.2, -0.15) is 5.10 Å². The van der Waals surface area contributed by atoms with Gasteiger partial charge in [-0.05, 0) is 24.6 Å². The lowest BCUT2D eigenvalue weighted by Gasteiger charge is -2.22. The van der Waals surface area contributed by atoms with Gasteiger partial charge in [-0.1, -0.05) is 17.7 Å². The second kappa shape index (κ2) is 5.16. The van der Waals surface area contributed by atoms with Crippen LogP contribution in [0.2, 0.25) is 5.02 Å². The molecule has 1 aliphatic rings. The molecule has 1 aromatic carbocycles. The van der Waals surface area contributed by atoms with Gasteiger partial charge < -0.3 is 10.6 Å². The van der Waals surface area contributed by atoms with E-state index in [4.69, 9.17) is 17.3 Å². The number of nitrogens with zero attached hydrogens (tertiary/aromatic N) is 3. The van der Waals surface area contributed by atoms with E-state index in [9.17, 15) is 4.79 Å². The van der Waals surface area contributed by atoms with E-state index in [0.29, 0.717) is 18.1 Å². The Bertz CT molecular complexity index is 690. The smallest absolute Gasteiger partial charge is 0.254 e. The Labute approximate surface area is 128 Å². The molecule has 2 heterocycles. The Kier molecular flexibility index (Phi) is 3.47. The van der Waals surface area contributed by atoms with Crippen molar-refractivity contribution in [3.8, 4) is 11.3 Å². The minimum Gasteiger partial charge on any atom is -0.330 e. The molecule has 21 heavy (non-hydrogen) atoms. The number of hydrogen-bond donors (Lipinski definition) is 1.